The molecule has 0 spiro atoms. The molecule has 0 heterocycles. The number of aliphatic hydroxyl groups is 2. The largest absolute Gasteiger partial charge is 0.472 e. The summed E-state index contributed by atoms with van der Waals surface area (Å²) in [4.78, 5) is 34.9. The first kappa shape index (κ1) is 51.2. The second-order valence-electron chi connectivity index (χ2n) is 14.0. The summed E-state index contributed by atoms with van der Waals surface area (Å²) >= 11 is 0. The van der Waals surface area contributed by atoms with Crippen LogP contribution in [0.1, 0.15) is 181 Å². The quantitative estimate of drug-likeness (QED) is 0.0238. The van der Waals surface area contributed by atoms with Gasteiger partial charge in [0.25, 0.3) is 0 Å². The van der Waals surface area contributed by atoms with Crippen LogP contribution in [0.4, 0.5) is 0 Å². The van der Waals surface area contributed by atoms with Gasteiger partial charge >= 0.3 is 19.8 Å². The fraction of sp³-hybridized carbons (Fsp3) is 0.810. The average Bonchev–Trinajstić information content (AvgIpc) is 3.14. The van der Waals surface area contributed by atoms with Crippen molar-refractivity contribution in [3.63, 3.8) is 0 Å². The molecule has 0 aliphatic heterocycles. The van der Waals surface area contributed by atoms with Gasteiger partial charge in [0.2, 0.25) is 0 Å². The van der Waals surface area contributed by atoms with Gasteiger partial charge in [-0.05, 0) is 64.2 Å². The molecule has 0 saturated heterocycles. The maximum atomic E-state index is 12.5. The molecule has 0 fully saturated rings. The molecule has 1 unspecified atom stereocenters. The van der Waals surface area contributed by atoms with Crippen LogP contribution < -0.4 is 0 Å². The van der Waals surface area contributed by atoms with Crippen molar-refractivity contribution in [3.05, 3.63) is 36.5 Å². The van der Waals surface area contributed by atoms with Gasteiger partial charge in [-0.25, -0.2) is 4.57 Å². The number of unbranched alkanes of at least 4 members (excludes halogenated alkanes) is 19. The Morgan fingerprint density at radius 2 is 1.00 bits per heavy atom. The van der Waals surface area contributed by atoms with Gasteiger partial charge in [0, 0.05) is 12.8 Å². The molecule has 0 rings (SSSR count). The summed E-state index contributed by atoms with van der Waals surface area (Å²) in [6.45, 7) is 2.29. The van der Waals surface area contributed by atoms with Crippen LogP contribution in [0, 0.1) is 0 Å². The molecule has 0 aromatic rings. The van der Waals surface area contributed by atoms with Crippen LogP contribution in [-0.4, -0.2) is 65.7 Å². The number of phosphoric ester groups is 1. The molecule has 0 aromatic carbocycles. The molecule has 3 N–H and O–H groups in total. The topological polar surface area (TPSA) is 149 Å². The Morgan fingerprint density at radius 1 is 0.566 bits per heavy atom. The maximum absolute atomic E-state index is 12.5. The van der Waals surface area contributed by atoms with E-state index in [1.807, 2.05) is 0 Å². The van der Waals surface area contributed by atoms with Crippen molar-refractivity contribution in [2.24, 2.45) is 0 Å². The van der Waals surface area contributed by atoms with Gasteiger partial charge in [-0.3, -0.25) is 18.6 Å². The molecule has 0 amide bonds. The molecule has 53 heavy (non-hydrogen) atoms. The number of carbonyl (C=O) groups excluding carboxylic acids is 2. The van der Waals surface area contributed by atoms with Crippen molar-refractivity contribution < 1.29 is 47.8 Å². The Hall–Kier alpha value is -1.81. The molecule has 0 aliphatic rings. The third-order valence-corrected chi connectivity index (χ3v) is 9.72. The first-order valence-electron chi connectivity index (χ1n) is 20.9. The molecule has 0 aliphatic carbocycles. The summed E-state index contributed by atoms with van der Waals surface area (Å²) in [5.74, 6) is -0.941. The molecule has 0 radical (unpaired) electrons. The number of allylic oxidation sites excluding steroid dienone is 6. The molecular weight excluding hydrogens is 695 g/mol. The summed E-state index contributed by atoms with van der Waals surface area (Å²) in [5.41, 5.74) is 0. The molecular formula is C42H77O10P. The van der Waals surface area contributed by atoms with Crippen LogP contribution >= 0.6 is 7.82 Å². The normalized spacial score (nSPS) is 14.3. The number of esters is 2. The second kappa shape index (κ2) is 38.5. The number of carbonyl (C=O) groups is 2. The van der Waals surface area contributed by atoms with Crippen LogP contribution in [-0.2, 0) is 32.7 Å². The minimum absolute atomic E-state index is 0.173. The number of hydrogen-bond acceptors (Lipinski definition) is 9. The molecule has 0 saturated carbocycles. The van der Waals surface area contributed by atoms with E-state index in [4.69, 9.17) is 19.1 Å². The van der Waals surface area contributed by atoms with Gasteiger partial charge in [0.15, 0.2) is 6.10 Å². The standard InChI is InChI=1S/C42H77O10P/c1-3-5-7-9-11-13-15-16-17-18-19-20-21-22-24-25-27-29-31-33-41(45)49-37-40(38-51-53(47,48)50-36-39(44)35-43)52-42(46)34-32-30-28-26-23-14-12-10-8-6-4-2/h10-13,16-17,39-40,43-44H,3-9,14-15,18-38H2,1-2H3,(H,47,48)/b12-10+,13-11+,17-16+/t39-,40+/m1/s1. The fourth-order valence-electron chi connectivity index (χ4n) is 5.47. The Balaban J connectivity index is 4.26. The second-order valence-corrected chi connectivity index (χ2v) is 15.5. The Labute approximate surface area is 322 Å². The highest BCUT2D eigenvalue weighted by atomic mass is 31.2. The van der Waals surface area contributed by atoms with Crippen LogP contribution in [0.15, 0.2) is 36.5 Å². The lowest BCUT2D eigenvalue weighted by atomic mass is 10.1. The number of phosphoric acid groups is 1. The highest BCUT2D eigenvalue weighted by molar-refractivity contribution is 7.47. The average molecular weight is 773 g/mol. The first-order chi connectivity index (χ1) is 25.7. The third kappa shape index (κ3) is 38.3. The van der Waals surface area contributed by atoms with E-state index in [0.717, 1.165) is 70.6 Å². The van der Waals surface area contributed by atoms with E-state index < -0.39 is 51.8 Å². The summed E-state index contributed by atoms with van der Waals surface area (Å²) in [7, 11) is -4.61. The Kier molecular flexibility index (Phi) is 37.2. The van der Waals surface area contributed by atoms with Crippen molar-refractivity contribution in [2.45, 2.75) is 193 Å². The third-order valence-electron chi connectivity index (χ3n) is 8.77. The Morgan fingerprint density at radius 3 is 1.53 bits per heavy atom. The number of rotatable bonds is 39. The molecule has 310 valence electrons. The van der Waals surface area contributed by atoms with Crippen molar-refractivity contribution in [3.8, 4) is 0 Å². The zero-order valence-electron chi connectivity index (χ0n) is 33.5. The fourth-order valence-corrected chi connectivity index (χ4v) is 6.26. The van der Waals surface area contributed by atoms with Gasteiger partial charge in [0.05, 0.1) is 19.8 Å². The monoisotopic (exact) mass is 773 g/mol. The highest BCUT2D eigenvalue weighted by Gasteiger charge is 2.27. The summed E-state index contributed by atoms with van der Waals surface area (Å²) in [5, 5.41) is 18.3. The van der Waals surface area contributed by atoms with E-state index in [0.29, 0.717) is 12.8 Å². The minimum Gasteiger partial charge on any atom is -0.462 e. The van der Waals surface area contributed by atoms with Gasteiger partial charge in [-0.2, -0.15) is 0 Å². The zero-order valence-corrected chi connectivity index (χ0v) is 34.4. The zero-order chi connectivity index (χ0) is 39.1. The van der Waals surface area contributed by atoms with E-state index in [2.05, 4.69) is 54.8 Å². The van der Waals surface area contributed by atoms with Crippen molar-refractivity contribution in [1.29, 1.82) is 0 Å². The van der Waals surface area contributed by atoms with Crippen molar-refractivity contribution in [1.82, 2.24) is 0 Å². The number of aliphatic hydroxyl groups excluding tert-OH is 2. The maximum Gasteiger partial charge on any atom is 0.472 e. The summed E-state index contributed by atoms with van der Waals surface area (Å²) in [6.07, 6.45) is 38.3. The van der Waals surface area contributed by atoms with Gasteiger partial charge < -0.3 is 24.6 Å². The van der Waals surface area contributed by atoms with Crippen LogP contribution in [0.5, 0.6) is 0 Å². The van der Waals surface area contributed by atoms with Crippen LogP contribution in [0.2, 0.25) is 0 Å². The van der Waals surface area contributed by atoms with E-state index in [-0.39, 0.29) is 19.4 Å². The SMILES string of the molecule is CCCC/C=C/CCCCCCCC(=O)O[C@@H](COC(=O)CCCCCCCCCCC/C=C/C/C=C/CCCCC)COP(=O)(O)OC[C@H](O)CO. The van der Waals surface area contributed by atoms with Crippen LogP contribution in [0.3, 0.4) is 0 Å². The minimum atomic E-state index is -4.61. The summed E-state index contributed by atoms with van der Waals surface area (Å²) < 4.78 is 32.6. The van der Waals surface area contributed by atoms with Crippen LogP contribution in [0.25, 0.3) is 0 Å². The first-order valence-corrected chi connectivity index (χ1v) is 22.4. The highest BCUT2D eigenvalue weighted by Crippen LogP contribution is 2.43. The smallest absolute Gasteiger partial charge is 0.462 e. The van der Waals surface area contributed by atoms with Gasteiger partial charge in [-0.1, -0.05) is 140 Å². The predicted molar refractivity (Wildman–Crippen MR) is 214 cm³/mol. The van der Waals surface area contributed by atoms with E-state index in [9.17, 15) is 24.2 Å². The van der Waals surface area contributed by atoms with E-state index >= 15 is 0 Å². The molecule has 3 atom stereocenters. The Bertz CT molecular complexity index is 983. The number of ether oxygens (including phenoxy) is 2. The molecule has 10 nitrogen and oxygen atoms in total. The molecule has 11 heteroatoms. The lowest BCUT2D eigenvalue weighted by Gasteiger charge is -2.20. The summed E-state index contributed by atoms with van der Waals surface area (Å²) in [6, 6.07) is 0. The molecule has 0 aromatic heterocycles. The van der Waals surface area contributed by atoms with Crippen molar-refractivity contribution in [2.75, 3.05) is 26.4 Å². The lowest BCUT2D eigenvalue weighted by Crippen LogP contribution is -2.29. The van der Waals surface area contributed by atoms with Crippen molar-refractivity contribution >= 4 is 19.8 Å². The predicted octanol–water partition coefficient (Wildman–Crippen LogP) is 10.8. The van der Waals surface area contributed by atoms with Gasteiger partial charge in [-0.15, -0.1) is 0 Å². The van der Waals surface area contributed by atoms with Gasteiger partial charge in [0.1, 0.15) is 12.7 Å². The van der Waals surface area contributed by atoms with E-state index in [1.54, 1.807) is 0 Å². The number of hydrogen-bond donors (Lipinski definition) is 3. The lowest BCUT2D eigenvalue weighted by molar-refractivity contribution is -0.161. The van der Waals surface area contributed by atoms with E-state index in [1.165, 1.54) is 70.6 Å². The molecule has 0 bridgehead atoms.